The summed E-state index contributed by atoms with van der Waals surface area (Å²) in [5.74, 6) is -1.88. The van der Waals surface area contributed by atoms with E-state index in [9.17, 15) is 14.4 Å². The van der Waals surface area contributed by atoms with Crippen molar-refractivity contribution in [1.29, 1.82) is 0 Å². The summed E-state index contributed by atoms with van der Waals surface area (Å²) in [7, 11) is 0. The lowest BCUT2D eigenvalue weighted by Crippen LogP contribution is -2.49. The number of carboxylic acids is 1. The van der Waals surface area contributed by atoms with Crippen LogP contribution in [0.15, 0.2) is 0 Å². The highest BCUT2D eigenvalue weighted by molar-refractivity contribution is 5.98. The molecule has 1 fully saturated rings. The predicted octanol–water partition coefficient (Wildman–Crippen LogP) is -1.06. The summed E-state index contributed by atoms with van der Waals surface area (Å²) in [5.41, 5.74) is 5.23. The van der Waals surface area contributed by atoms with Crippen LogP contribution in [0.2, 0.25) is 0 Å². The lowest BCUT2D eigenvalue weighted by atomic mass is 10.1. The van der Waals surface area contributed by atoms with Crippen LogP contribution in [0.25, 0.3) is 0 Å². The third-order valence-electron chi connectivity index (χ3n) is 2.08. The molecule has 0 radical (unpaired) electrons. The summed E-state index contributed by atoms with van der Waals surface area (Å²) in [4.78, 5) is 33.8. The van der Waals surface area contributed by atoms with E-state index in [0.29, 0.717) is 6.42 Å². The highest BCUT2D eigenvalue weighted by atomic mass is 16.4. The zero-order valence-electron chi connectivity index (χ0n) is 7.60. The van der Waals surface area contributed by atoms with E-state index in [-0.39, 0.29) is 31.2 Å². The number of carboxylic acid groups (broad SMARTS) is 1. The first-order valence-corrected chi connectivity index (χ1v) is 4.34. The van der Waals surface area contributed by atoms with Crippen LogP contribution in [0, 0.1) is 0 Å². The van der Waals surface area contributed by atoms with Gasteiger partial charge in [0.05, 0.1) is 6.54 Å². The molecular formula is C8H12N2O4. The quantitative estimate of drug-likeness (QED) is 0.565. The third kappa shape index (κ3) is 2.29. The van der Waals surface area contributed by atoms with Crippen molar-refractivity contribution in [3.8, 4) is 0 Å². The van der Waals surface area contributed by atoms with Gasteiger partial charge in [0, 0.05) is 12.8 Å². The molecule has 1 heterocycles. The molecule has 1 saturated heterocycles. The Morgan fingerprint density at radius 3 is 2.36 bits per heavy atom. The molecule has 1 atom stereocenters. The van der Waals surface area contributed by atoms with E-state index in [1.807, 2.05) is 0 Å². The number of likely N-dealkylation sites (tertiary alicyclic amines) is 1. The maximum absolute atomic E-state index is 11.2. The SMILES string of the molecule is NC(CN1C(=O)CCCC1=O)C(=O)O. The number of imide groups is 1. The number of amides is 2. The Balaban J connectivity index is 2.61. The van der Waals surface area contributed by atoms with Gasteiger partial charge in [-0.15, -0.1) is 0 Å². The third-order valence-corrected chi connectivity index (χ3v) is 2.08. The Morgan fingerprint density at radius 2 is 1.93 bits per heavy atom. The number of rotatable bonds is 3. The molecule has 0 saturated carbocycles. The second kappa shape index (κ2) is 4.19. The molecule has 0 spiro atoms. The minimum absolute atomic E-state index is 0.229. The topological polar surface area (TPSA) is 101 Å². The van der Waals surface area contributed by atoms with Gasteiger partial charge < -0.3 is 10.8 Å². The van der Waals surface area contributed by atoms with E-state index in [1.54, 1.807) is 0 Å². The first kappa shape index (κ1) is 10.6. The van der Waals surface area contributed by atoms with Gasteiger partial charge in [-0.2, -0.15) is 0 Å². The van der Waals surface area contributed by atoms with Crippen molar-refractivity contribution >= 4 is 17.8 Å². The molecule has 0 bridgehead atoms. The second-order valence-corrected chi connectivity index (χ2v) is 3.20. The summed E-state index contributed by atoms with van der Waals surface area (Å²) in [6, 6.07) is -1.19. The van der Waals surface area contributed by atoms with Crippen molar-refractivity contribution in [2.24, 2.45) is 5.73 Å². The Bertz CT molecular complexity index is 261. The van der Waals surface area contributed by atoms with Crippen molar-refractivity contribution in [3.05, 3.63) is 0 Å². The van der Waals surface area contributed by atoms with Crippen molar-refractivity contribution in [3.63, 3.8) is 0 Å². The van der Waals surface area contributed by atoms with Gasteiger partial charge in [-0.25, -0.2) is 0 Å². The number of hydrogen-bond donors (Lipinski definition) is 2. The van der Waals surface area contributed by atoms with Crippen molar-refractivity contribution in [2.75, 3.05) is 6.54 Å². The number of aliphatic carboxylic acids is 1. The maximum Gasteiger partial charge on any atom is 0.322 e. The molecule has 1 aliphatic rings. The molecule has 1 unspecified atom stereocenters. The minimum atomic E-state index is -1.21. The van der Waals surface area contributed by atoms with Gasteiger partial charge in [0.15, 0.2) is 0 Å². The molecule has 0 aromatic carbocycles. The molecule has 78 valence electrons. The Hall–Kier alpha value is -1.43. The summed E-state index contributed by atoms with van der Waals surface area (Å²) >= 11 is 0. The molecule has 14 heavy (non-hydrogen) atoms. The van der Waals surface area contributed by atoms with Crippen LogP contribution in [0.1, 0.15) is 19.3 Å². The zero-order chi connectivity index (χ0) is 10.7. The molecule has 1 aliphatic heterocycles. The standard InChI is InChI=1S/C8H12N2O4/c9-5(8(13)14)4-10-6(11)2-1-3-7(10)12/h5H,1-4,9H2,(H,13,14). The fraction of sp³-hybridized carbons (Fsp3) is 0.625. The largest absolute Gasteiger partial charge is 0.480 e. The maximum atomic E-state index is 11.2. The minimum Gasteiger partial charge on any atom is -0.480 e. The van der Waals surface area contributed by atoms with E-state index in [1.165, 1.54) is 0 Å². The van der Waals surface area contributed by atoms with Crippen molar-refractivity contribution in [1.82, 2.24) is 4.90 Å². The van der Waals surface area contributed by atoms with Crippen LogP contribution < -0.4 is 5.73 Å². The molecule has 1 rings (SSSR count). The summed E-state index contributed by atoms with van der Waals surface area (Å²) in [6.45, 7) is -0.229. The molecule has 6 heteroatoms. The van der Waals surface area contributed by atoms with Crippen LogP contribution in [0.3, 0.4) is 0 Å². The number of carbonyl (C=O) groups is 3. The Morgan fingerprint density at radius 1 is 1.43 bits per heavy atom. The molecule has 0 aromatic rings. The van der Waals surface area contributed by atoms with Crippen LogP contribution in [0.5, 0.6) is 0 Å². The molecule has 0 aromatic heterocycles. The van der Waals surface area contributed by atoms with Gasteiger partial charge in [-0.1, -0.05) is 0 Å². The number of carbonyl (C=O) groups excluding carboxylic acids is 2. The predicted molar refractivity (Wildman–Crippen MR) is 46.2 cm³/mol. The van der Waals surface area contributed by atoms with Gasteiger partial charge >= 0.3 is 5.97 Å². The summed E-state index contributed by atoms with van der Waals surface area (Å²) in [5, 5.41) is 8.51. The fourth-order valence-corrected chi connectivity index (χ4v) is 1.28. The molecule has 0 aliphatic carbocycles. The highest BCUT2D eigenvalue weighted by Crippen LogP contribution is 2.11. The average molecular weight is 200 g/mol. The van der Waals surface area contributed by atoms with Crippen LogP contribution in [0.4, 0.5) is 0 Å². The number of piperidine rings is 1. The Labute approximate surface area is 80.7 Å². The molecule has 3 N–H and O–H groups in total. The van der Waals surface area contributed by atoms with E-state index in [0.717, 1.165) is 4.90 Å². The monoisotopic (exact) mass is 200 g/mol. The van der Waals surface area contributed by atoms with Gasteiger partial charge in [0.2, 0.25) is 11.8 Å². The van der Waals surface area contributed by atoms with Gasteiger partial charge in [-0.05, 0) is 6.42 Å². The Kier molecular flexibility index (Phi) is 3.19. The molecule has 2 amide bonds. The van der Waals surface area contributed by atoms with Crippen molar-refractivity contribution in [2.45, 2.75) is 25.3 Å². The molecular weight excluding hydrogens is 188 g/mol. The molecule has 6 nitrogen and oxygen atoms in total. The van der Waals surface area contributed by atoms with Crippen molar-refractivity contribution < 1.29 is 19.5 Å². The lowest BCUT2D eigenvalue weighted by Gasteiger charge is -2.25. The van der Waals surface area contributed by atoms with Gasteiger partial charge in [0.25, 0.3) is 0 Å². The number of nitrogens with two attached hydrogens (primary N) is 1. The zero-order valence-corrected chi connectivity index (χ0v) is 7.60. The van der Waals surface area contributed by atoms with E-state index >= 15 is 0 Å². The number of nitrogens with zero attached hydrogens (tertiary/aromatic N) is 1. The van der Waals surface area contributed by atoms with E-state index < -0.39 is 12.0 Å². The van der Waals surface area contributed by atoms with Gasteiger partial charge in [0.1, 0.15) is 6.04 Å². The summed E-state index contributed by atoms with van der Waals surface area (Å²) < 4.78 is 0. The van der Waals surface area contributed by atoms with E-state index in [2.05, 4.69) is 0 Å². The fourth-order valence-electron chi connectivity index (χ4n) is 1.28. The highest BCUT2D eigenvalue weighted by Gasteiger charge is 2.28. The van der Waals surface area contributed by atoms with Gasteiger partial charge in [-0.3, -0.25) is 19.3 Å². The first-order chi connectivity index (χ1) is 6.52. The summed E-state index contributed by atoms with van der Waals surface area (Å²) in [6.07, 6.45) is 1.12. The average Bonchev–Trinajstić information content (AvgIpc) is 2.11. The van der Waals surface area contributed by atoms with Crippen LogP contribution >= 0.6 is 0 Å². The second-order valence-electron chi connectivity index (χ2n) is 3.20. The number of hydrogen-bond acceptors (Lipinski definition) is 4. The van der Waals surface area contributed by atoms with Crippen LogP contribution in [-0.4, -0.2) is 40.4 Å². The van der Waals surface area contributed by atoms with E-state index in [4.69, 9.17) is 10.8 Å². The first-order valence-electron chi connectivity index (χ1n) is 4.34. The normalized spacial score (nSPS) is 19.6. The lowest BCUT2D eigenvalue weighted by molar-refractivity contribution is -0.149. The smallest absolute Gasteiger partial charge is 0.322 e. The van der Waals surface area contributed by atoms with Crippen LogP contribution in [-0.2, 0) is 14.4 Å².